The lowest BCUT2D eigenvalue weighted by Gasteiger charge is -2.09. The molecule has 0 spiro atoms. The molecule has 0 bridgehead atoms. The summed E-state index contributed by atoms with van der Waals surface area (Å²) in [6.45, 7) is 0.0976. The molecule has 6 heteroatoms. The van der Waals surface area contributed by atoms with Crippen molar-refractivity contribution in [2.45, 2.75) is 12.8 Å². The highest BCUT2D eigenvalue weighted by Gasteiger charge is 2.29. The number of carbonyl (C=O) groups excluding carboxylic acids is 1. The van der Waals surface area contributed by atoms with E-state index in [4.69, 9.17) is 10.5 Å². The third kappa shape index (κ3) is 3.98. The van der Waals surface area contributed by atoms with Gasteiger partial charge in [0.05, 0.1) is 5.56 Å². The van der Waals surface area contributed by atoms with Crippen molar-refractivity contribution in [2.24, 2.45) is 5.73 Å². The van der Waals surface area contributed by atoms with E-state index in [1.54, 1.807) is 18.2 Å². The Hall–Kier alpha value is -2.50. The Morgan fingerprint density at radius 3 is 2.33 bits per heavy atom. The Labute approximate surface area is 119 Å². The van der Waals surface area contributed by atoms with Crippen molar-refractivity contribution >= 4 is 5.91 Å². The summed E-state index contributed by atoms with van der Waals surface area (Å²) in [5, 5.41) is 0. The van der Waals surface area contributed by atoms with Gasteiger partial charge in [0, 0.05) is 5.56 Å². The Kier molecular flexibility index (Phi) is 4.16. The fraction of sp³-hybridized carbons (Fsp3) is 0.133. The first kappa shape index (κ1) is 14.9. The molecule has 0 atom stereocenters. The number of carbonyl (C=O) groups is 1. The van der Waals surface area contributed by atoms with Gasteiger partial charge in [-0.2, -0.15) is 13.2 Å². The van der Waals surface area contributed by atoms with E-state index in [0.29, 0.717) is 16.9 Å². The molecule has 2 aromatic rings. The topological polar surface area (TPSA) is 52.3 Å². The Balaban J connectivity index is 2.03. The smallest absolute Gasteiger partial charge is 0.416 e. The maximum Gasteiger partial charge on any atom is 0.416 e. The number of alkyl halides is 3. The fourth-order valence-electron chi connectivity index (χ4n) is 1.70. The van der Waals surface area contributed by atoms with E-state index in [-0.39, 0.29) is 6.61 Å². The van der Waals surface area contributed by atoms with Crippen LogP contribution in [0.15, 0.2) is 48.5 Å². The minimum absolute atomic E-state index is 0.0976. The number of halogens is 3. The quantitative estimate of drug-likeness (QED) is 0.940. The van der Waals surface area contributed by atoms with Gasteiger partial charge in [0.1, 0.15) is 12.4 Å². The number of ether oxygens (including phenoxy) is 1. The second-order valence-electron chi connectivity index (χ2n) is 4.38. The van der Waals surface area contributed by atoms with Crippen LogP contribution in [0.5, 0.6) is 5.75 Å². The molecule has 0 aliphatic carbocycles. The number of nitrogens with two attached hydrogens (primary N) is 1. The lowest BCUT2D eigenvalue weighted by atomic mass is 10.1. The van der Waals surface area contributed by atoms with Gasteiger partial charge in [0.25, 0.3) is 0 Å². The minimum Gasteiger partial charge on any atom is -0.489 e. The van der Waals surface area contributed by atoms with Crippen molar-refractivity contribution in [1.82, 2.24) is 0 Å². The van der Waals surface area contributed by atoms with Crippen LogP contribution in [0.1, 0.15) is 21.5 Å². The van der Waals surface area contributed by atoms with E-state index in [9.17, 15) is 18.0 Å². The fourth-order valence-corrected chi connectivity index (χ4v) is 1.70. The van der Waals surface area contributed by atoms with Gasteiger partial charge in [-0.15, -0.1) is 0 Å². The van der Waals surface area contributed by atoms with E-state index in [1.807, 2.05) is 0 Å². The molecular formula is C15H12F3NO2. The molecule has 0 fully saturated rings. The molecule has 21 heavy (non-hydrogen) atoms. The SMILES string of the molecule is NC(=O)c1cccc(OCc2ccc(C(F)(F)F)cc2)c1. The van der Waals surface area contributed by atoms with E-state index < -0.39 is 17.6 Å². The van der Waals surface area contributed by atoms with E-state index in [2.05, 4.69) is 0 Å². The van der Waals surface area contributed by atoms with Crippen molar-refractivity contribution in [2.75, 3.05) is 0 Å². The Bertz CT molecular complexity index is 636. The van der Waals surface area contributed by atoms with Gasteiger partial charge >= 0.3 is 6.18 Å². The molecule has 1 amide bonds. The highest BCUT2D eigenvalue weighted by atomic mass is 19.4. The molecule has 3 nitrogen and oxygen atoms in total. The molecule has 0 aromatic heterocycles. The minimum atomic E-state index is -4.35. The molecule has 0 unspecified atom stereocenters. The van der Waals surface area contributed by atoms with Crippen molar-refractivity contribution in [3.63, 3.8) is 0 Å². The normalized spacial score (nSPS) is 11.2. The maximum absolute atomic E-state index is 12.4. The third-order valence-corrected chi connectivity index (χ3v) is 2.81. The van der Waals surface area contributed by atoms with Crippen LogP contribution >= 0.6 is 0 Å². The number of hydrogen-bond donors (Lipinski definition) is 1. The average molecular weight is 295 g/mol. The largest absolute Gasteiger partial charge is 0.489 e. The molecule has 2 aromatic carbocycles. The van der Waals surface area contributed by atoms with Crippen molar-refractivity contribution in [3.05, 3.63) is 65.2 Å². The lowest BCUT2D eigenvalue weighted by molar-refractivity contribution is -0.137. The summed E-state index contributed by atoms with van der Waals surface area (Å²) < 4.78 is 42.7. The first-order valence-electron chi connectivity index (χ1n) is 6.05. The van der Waals surface area contributed by atoms with Crippen molar-refractivity contribution in [3.8, 4) is 5.75 Å². The molecule has 0 aliphatic heterocycles. The zero-order chi connectivity index (χ0) is 15.5. The van der Waals surface area contributed by atoms with Gasteiger partial charge in [-0.05, 0) is 35.9 Å². The lowest BCUT2D eigenvalue weighted by Crippen LogP contribution is -2.10. The summed E-state index contributed by atoms with van der Waals surface area (Å²) in [6, 6.07) is 11.0. The van der Waals surface area contributed by atoms with Gasteiger partial charge in [-0.1, -0.05) is 18.2 Å². The van der Waals surface area contributed by atoms with Crippen LogP contribution in [0, 0.1) is 0 Å². The molecule has 2 rings (SSSR count). The van der Waals surface area contributed by atoms with Crippen LogP contribution in [-0.2, 0) is 12.8 Å². The number of hydrogen-bond acceptors (Lipinski definition) is 2. The second-order valence-corrected chi connectivity index (χ2v) is 4.38. The average Bonchev–Trinajstić information content (AvgIpc) is 2.45. The van der Waals surface area contributed by atoms with Crippen LogP contribution in [-0.4, -0.2) is 5.91 Å². The first-order chi connectivity index (χ1) is 9.86. The number of amides is 1. The van der Waals surface area contributed by atoms with E-state index in [0.717, 1.165) is 12.1 Å². The Morgan fingerprint density at radius 2 is 1.76 bits per heavy atom. The van der Waals surface area contributed by atoms with Crippen LogP contribution in [0.3, 0.4) is 0 Å². The molecule has 110 valence electrons. The van der Waals surface area contributed by atoms with E-state index >= 15 is 0 Å². The summed E-state index contributed by atoms with van der Waals surface area (Å²) >= 11 is 0. The monoisotopic (exact) mass is 295 g/mol. The number of primary amides is 1. The molecule has 0 saturated heterocycles. The number of rotatable bonds is 4. The summed E-state index contributed by atoms with van der Waals surface area (Å²) in [4.78, 5) is 11.0. The van der Waals surface area contributed by atoms with Gasteiger partial charge in [0.2, 0.25) is 5.91 Å². The molecular weight excluding hydrogens is 283 g/mol. The molecule has 0 saturated carbocycles. The van der Waals surface area contributed by atoms with Gasteiger partial charge in [0.15, 0.2) is 0 Å². The summed E-state index contributed by atoms with van der Waals surface area (Å²) in [6.07, 6.45) is -4.35. The Morgan fingerprint density at radius 1 is 1.10 bits per heavy atom. The van der Waals surface area contributed by atoms with Crippen molar-refractivity contribution in [1.29, 1.82) is 0 Å². The van der Waals surface area contributed by atoms with Crippen LogP contribution in [0.25, 0.3) is 0 Å². The predicted octanol–water partition coefficient (Wildman–Crippen LogP) is 3.38. The highest BCUT2D eigenvalue weighted by molar-refractivity contribution is 5.93. The maximum atomic E-state index is 12.4. The zero-order valence-corrected chi connectivity index (χ0v) is 10.9. The standard InChI is InChI=1S/C15H12F3NO2/c16-15(17,18)12-6-4-10(5-7-12)9-21-13-3-1-2-11(8-13)14(19)20/h1-8H,9H2,(H2,19,20). The molecule has 0 heterocycles. The van der Waals surface area contributed by atoms with Crippen LogP contribution in [0.4, 0.5) is 13.2 Å². The highest BCUT2D eigenvalue weighted by Crippen LogP contribution is 2.29. The van der Waals surface area contributed by atoms with Crippen LogP contribution < -0.4 is 10.5 Å². The molecule has 0 aliphatic rings. The van der Waals surface area contributed by atoms with Gasteiger partial charge < -0.3 is 10.5 Å². The van der Waals surface area contributed by atoms with Gasteiger partial charge in [-0.3, -0.25) is 4.79 Å². The molecule has 0 radical (unpaired) electrons. The van der Waals surface area contributed by atoms with Crippen molar-refractivity contribution < 1.29 is 22.7 Å². The molecule has 2 N–H and O–H groups in total. The second kappa shape index (κ2) is 5.87. The van der Waals surface area contributed by atoms with E-state index in [1.165, 1.54) is 18.2 Å². The summed E-state index contributed by atoms with van der Waals surface area (Å²) in [7, 11) is 0. The predicted molar refractivity (Wildman–Crippen MR) is 70.7 cm³/mol. The van der Waals surface area contributed by atoms with Gasteiger partial charge in [-0.25, -0.2) is 0 Å². The van der Waals surface area contributed by atoms with Crippen LogP contribution in [0.2, 0.25) is 0 Å². The summed E-state index contributed by atoms with van der Waals surface area (Å²) in [5.41, 5.74) is 5.34. The first-order valence-corrected chi connectivity index (χ1v) is 6.05. The third-order valence-electron chi connectivity index (χ3n) is 2.81. The zero-order valence-electron chi connectivity index (χ0n) is 10.9. The summed E-state index contributed by atoms with van der Waals surface area (Å²) in [5.74, 6) is -0.152. The number of benzene rings is 2.